The third kappa shape index (κ3) is 3.32. The fourth-order valence-electron chi connectivity index (χ4n) is 1.02. The van der Waals surface area contributed by atoms with Gasteiger partial charge in [0.25, 0.3) is 0 Å². The molecular formula is C11H13FO2S. The number of rotatable bonds is 4. The van der Waals surface area contributed by atoms with Crippen molar-refractivity contribution in [3.63, 3.8) is 0 Å². The second-order valence-electron chi connectivity index (χ2n) is 3.36. The van der Waals surface area contributed by atoms with Crippen molar-refractivity contribution in [2.45, 2.75) is 30.1 Å². The lowest BCUT2D eigenvalue weighted by atomic mass is 10.2. The number of hydrogen-bond acceptors (Lipinski definition) is 3. The molecule has 15 heavy (non-hydrogen) atoms. The van der Waals surface area contributed by atoms with Crippen molar-refractivity contribution in [2.24, 2.45) is 0 Å². The molecule has 1 aromatic rings. The maximum Gasteiger partial charge on any atom is 0.151 e. The van der Waals surface area contributed by atoms with Crippen LogP contribution >= 0.6 is 11.8 Å². The van der Waals surface area contributed by atoms with Crippen LogP contribution < -0.4 is 0 Å². The molecule has 0 aromatic heterocycles. The maximum absolute atomic E-state index is 12.8. The minimum atomic E-state index is -0.473. The predicted molar refractivity (Wildman–Crippen MR) is 58.8 cm³/mol. The van der Waals surface area contributed by atoms with Crippen LogP contribution in [0.2, 0.25) is 0 Å². The predicted octanol–water partition coefficient (Wildman–Crippen LogP) is 2.50. The Morgan fingerprint density at radius 3 is 2.67 bits per heavy atom. The molecule has 0 saturated carbocycles. The van der Waals surface area contributed by atoms with E-state index in [0.717, 1.165) is 0 Å². The summed E-state index contributed by atoms with van der Waals surface area (Å²) in [6, 6.07) is 4.07. The van der Waals surface area contributed by atoms with Gasteiger partial charge in [0.2, 0.25) is 0 Å². The van der Waals surface area contributed by atoms with Gasteiger partial charge in [-0.3, -0.25) is 4.79 Å². The average Bonchev–Trinajstić information content (AvgIpc) is 2.20. The summed E-state index contributed by atoms with van der Waals surface area (Å²) in [5.41, 5.74) is 0.326. The van der Waals surface area contributed by atoms with Gasteiger partial charge in [-0.15, -0.1) is 11.8 Å². The van der Waals surface area contributed by atoms with Crippen molar-refractivity contribution in [3.05, 3.63) is 29.6 Å². The van der Waals surface area contributed by atoms with Gasteiger partial charge in [-0.2, -0.15) is 0 Å². The highest BCUT2D eigenvalue weighted by Crippen LogP contribution is 2.28. The van der Waals surface area contributed by atoms with Crippen LogP contribution in [0.15, 0.2) is 23.1 Å². The third-order valence-electron chi connectivity index (χ3n) is 2.09. The zero-order valence-corrected chi connectivity index (χ0v) is 9.42. The van der Waals surface area contributed by atoms with Crippen molar-refractivity contribution in [1.82, 2.24) is 0 Å². The number of thioether (sulfide) groups is 1. The van der Waals surface area contributed by atoms with E-state index in [1.165, 1.54) is 23.9 Å². The summed E-state index contributed by atoms with van der Waals surface area (Å²) >= 11 is 1.36. The van der Waals surface area contributed by atoms with Crippen LogP contribution in [0.25, 0.3) is 0 Å². The molecule has 0 saturated heterocycles. The highest BCUT2D eigenvalue weighted by molar-refractivity contribution is 8.00. The molecule has 4 heteroatoms. The summed E-state index contributed by atoms with van der Waals surface area (Å²) in [6.07, 6.45) is 0.153. The van der Waals surface area contributed by atoms with Gasteiger partial charge in [-0.05, 0) is 25.1 Å². The topological polar surface area (TPSA) is 37.3 Å². The molecule has 0 aliphatic rings. The number of hydrogen-bond donors (Lipinski definition) is 1. The second-order valence-corrected chi connectivity index (χ2v) is 4.78. The molecule has 2 unspecified atom stereocenters. The van der Waals surface area contributed by atoms with Crippen molar-refractivity contribution in [3.8, 4) is 0 Å². The van der Waals surface area contributed by atoms with Gasteiger partial charge >= 0.3 is 0 Å². The molecule has 1 N–H and O–H groups in total. The number of aldehydes is 1. The van der Waals surface area contributed by atoms with E-state index in [-0.39, 0.29) is 5.25 Å². The van der Waals surface area contributed by atoms with E-state index in [4.69, 9.17) is 0 Å². The molecule has 0 radical (unpaired) electrons. The van der Waals surface area contributed by atoms with Gasteiger partial charge in [-0.1, -0.05) is 6.92 Å². The maximum atomic E-state index is 12.8. The quantitative estimate of drug-likeness (QED) is 0.635. The fourth-order valence-corrected chi connectivity index (χ4v) is 2.00. The largest absolute Gasteiger partial charge is 0.392 e. The second kappa shape index (κ2) is 5.28. The Bertz CT molecular complexity index is 352. The van der Waals surface area contributed by atoms with Crippen LogP contribution in [-0.2, 0) is 0 Å². The van der Waals surface area contributed by atoms with Crippen molar-refractivity contribution in [2.75, 3.05) is 0 Å². The number of carbonyl (C=O) groups excluding carboxylic acids is 1. The van der Waals surface area contributed by atoms with E-state index in [2.05, 4.69) is 0 Å². The first-order chi connectivity index (χ1) is 7.04. The van der Waals surface area contributed by atoms with Crippen LogP contribution in [0.4, 0.5) is 4.39 Å². The van der Waals surface area contributed by atoms with Gasteiger partial charge in [0.05, 0.1) is 6.10 Å². The van der Waals surface area contributed by atoms with Gasteiger partial charge in [-0.25, -0.2) is 4.39 Å². The van der Waals surface area contributed by atoms with Gasteiger partial charge in [0.1, 0.15) is 5.82 Å². The molecule has 0 fully saturated rings. The SMILES string of the molecule is CC(O)C(C)Sc1ccc(F)cc1C=O. The minimum Gasteiger partial charge on any atom is -0.392 e. The van der Waals surface area contributed by atoms with Gasteiger partial charge in [0, 0.05) is 15.7 Å². The summed E-state index contributed by atoms with van der Waals surface area (Å²) < 4.78 is 12.8. The van der Waals surface area contributed by atoms with Crippen LogP contribution in [-0.4, -0.2) is 22.7 Å². The molecule has 1 aromatic carbocycles. The molecule has 0 bridgehead atoms. The lowest BCUT2D eigenvalue weighted by Crippen LogP contribution is -2.15. The van der Waals surface area contributed by atoms with E-state index in [1.807, 2.05) is 6.92 Å². The first kappa shape index (κ1) is 12.2. The lowest BCUT2D eigenvalue weighted by Gasteiger charge is -2.14. The molecule has 0 aliphatic heterocycles. The summed E-state index contributed by atoms with van der Waals surface area (Å²) in [5, 5.41) is 9.28. The summed E-state index contributed by atoms with van der Waals surface area (Å²) in [6.45, 7) is 3.54. The number of aliphatic hydroxyl groups excluding tert-OH is 1. The smallest absolute Gasteiger partial charge is 0.151 e. The molecule has 2 nitrogen and oxygen atoms in total. The Labute approximate surface area is 92.5 Å². The summed E-state index contributed by atoms with van der Waals surface area (Å²) in [5.74, 6) is -0.425. The number of halogens is 1. The highest BCUT2D eigenvalue weighted by atomic mass is 32.2. The first-order valence-corrected chi connectivity index (χ1v) is 5.52. The van der Waals surface area contributed by atoms with Crippen LogP contribution in [0, 0.1) is 5.82 Å². The monoisotopic (exact) mass is 228 g/mol. The highest BCUT2D eigenvalue weighted by Gasteiger charge is 2.13. The van der Waals surface area contributed by atoms with E-state index >= 15 is 0 Å². The fraction of sp³-hybridized carbons (Fsp3) is 0.364. The Morgan fingerprint density at radius 1 is 1.47 bits per heavy atom. The minimum absolute atomic E-state index is 0.0332. The normalized spacial score (nSPS) is 14.7. The molecule has 0 heterocycles. The standard InChI is InChI=1S/C11H13FO2S/c1-7(14)8(2)15-11-4-3-10(12)5-9(11)6-13/h3-8,14H,1-2H3. The van der Waals surface area contributed by atoms with Crippen molar-refractivity contribution < 1.29 is 14.3 Å². The molecule has 1 rings (SSSR count). The van der Waals surface area contributed by atoms with Crippen LogP contribution in [0.1, 0.15) is 24.2 Å². The van der Waals surface area contributed by atoms with Gasteiger partial charge in [0.15, 0.2) is 6.29 Å². The summed E-state index contributed by atoms with van der Waals surface area (Å²) in [7, 11) is 0. The van der Waals surface area contributed by atoms with E-state index in [9.17, 15) is 14.3 Å². The molecule has 0 spiro atoms. The zero-order valence-electron chi connectivity index (χ0n) is 8.61. The number of carbonyl (C=O) groups is 1. The molecular weight excluding hydrogens is 215 g/mol. The Morgan fingerprint density at radius 2 is 2.13 bits per heavy atom. The number of benzene rings is 1. The van der Waals surface area contributed by atoms with E-state index < -0.39 is 11.9 Å². The molecule has 0 aliphatic carbocycles. The molecule has 0 amide bonds. The van der Waals surface area contributed by atoms with E-state index in [0.29, 0.717) is 16.7 Å². The third-order valence-corrected chi connectivity index (χ3v) is 3.48. The average molecular weight is 228 g/mol. The Kier molecular flexibility index (Phi) is 4.29. The van der Waals surface area contributed by atoms with Gasteiger partial charge < -0.3 is 5.11 Å². The zero-order chi connectivity index (χ0) is 11.4. The first-order valence-electron chi connectivity index (χ1n) is 4.64. The lowest BCUT2D eigenvalue weighted by molar-refractivity contribution is 0.112. The number of aliphatic hydroxyl groups is 1. The molecule has 2 atom stereocenters. The Hall–Kier alpha value is -0.870. The van der Waals surface area contributed by atoms with Crippen LogP contribution in [0.5, 0.6) is 0 Å². The van der Waals surface area contributed by atoms with E-state index in [1.54, 1.807) is 13.0 Å². The van der Waals surface area contributed by atoms with Crippen molar-refractivity contribution in [1.29, 1.82) is 0 Å². The Balaban J connectivity index is 2.89. The summed E-state index contributed by atoms with van der Waals surface area (Å²) in [4.78, 5) is 11.4. The van der Waals surface area contributed by atoms with Crippen LogP contribution in [0.3, 0.4) is 0 Å². The molecule has 82 valence electrons. The van der Waals surface area contributed by atoms with Crippen molar-refractivity contribution >= 4 is 18.0 Å².